The number of amides is 1. The third kappa shape index (κ3) is 5.26. The molecule has 0 saturated carbocycles. The molecule has 0 bridgehead atoms. The molecule has 0 aliphatic rings. The van der Waals surface area contributed by atoms with E-state index in [1.54, 1.807) is 54.6 Å². The number of rotatable bonds is 6. The molecule has 1 heterocycles. The van der Waals surface area contributed by atoms with Gasteiger partial charge in [0.25, 0.3) is 5.91 Å². The minimum Gasteiger partial charge on any atom is -0.422 e. The van der Waals surface area contributed by atoms with Crippen LogP contribution in [0.15, 0.2) is 102 Å². The highest BCUT2D eigenvalue weighted by molar-refractivity contribution is 6.33. The summed E-state index contributed by atoms with van der Waals surface area (Å²) in [5.41, 5.74) is 6.01. The van der Waals surface area contributed by atoms with E-state index >= 15 is 0 Å². The van der Waals surface area contributed by atoms with Gasteiger partial charge in [-0.2, -0.15) is 5.10 Å². The fraction of sp³-hybridized carbons (Fsp3) is 0. The molecule has 6 nitrogen and oxygen atoms in total. The first-order valence-electron chi connectivity index (χ1n) is 11.3. The van der Waals surface area contributed by atoms with Crippen molar-refractivity contribution < 1.29 is 14.3 Å². The van der Waals surface area contributed by atoms with Gasteiger partial charge in [0.2, 0.25) is 0 Å². The largest absolute Gasteiger partial charge is 0.422 e. The number of para-hydroxylation sites is 1. The number of H-pyrrole nitrogens is 1. The minimum absolute atomic E-state index is 0.247. The summed E-state index contributed by atoms with van der Waals surface area (Å²) in [5, 5.41) is 5.79. The topological polar surface area (TPSA) is 83.5 Å². The summed E-state index contributed by atoms with van der Waals surface area (Å²) < 4.78 is 5.54. The van der Waals surface area contributed by atoms with Crippen molar-refractivity contribution >= 4 is 52.2 Å². The van der Waals surface area contributed by atoms with E-state index in [-0.39, 0.29) is 11.3 Å². The molecule has 0 unspecified atom stereocenters. The van der Waals surface area contributed by atoms with Gasteiger partial charge >= 0.3 is 5.97 Å². The van der Waals surface area contributed by atoms with Gasteiger partial charge in [-0.1, -0.05) is 77.8 Å². The third-order valence-electron chi connectivity index (χ3n) is 5.64. The Morgan fingerprint density at radius 3 is 2.41 bits per heavy atom. The van der Waals surface area contributed by atoms with Crippen LogP contribution in [-0.2, 0) is 0 Å². The van der Waals surface area contributed by atoms with Gasteiger partial charge in [-0.15, -0.1) is 0 Å². The van der Waals surface area contributed by atoms with Gasteiger partial charge in [0, 0.05) is 27.1 Å². The number of carbonyl (C=O) groups is 2. The second kappa shape index (κ2) is 10.7. The molecule has 182 valence electrons. The van der Waals surface area contributed by atoms with E-state index in [2.05, 4.69) is 15.5 Å². The fourth-order valence-electron chi connectivity index (χ4n) is 3.92. The lowest BCUT2D eigenvalue weighted by atomic mass is 10.0. The first-order valence-corrected chi connectivity index (χ1v) is 12.0. The fourth-order valence-corrected chi connectivity index (χ4v) is 4.30. The zero-order chi connectivity index (χ0) is 25.8. The number of aromatic nitrogens is 1. The molecule has 4 aromatic carbocycles. The number of hydrazone groups is 1. The second-order valence-corrected chi connectivity index (χ2v) is 8.88. The lowest BCUT2D eigenvalue weighted by Gasteiger charge is -2.08. The Morgan fingerprint density at radius 1 is 0.865 bits per heavy atom. The predicted molar refractivity (Wildman–Crippen MR) is 147 cm³/mol. The van der Waals surface area contributed by atoms with Crippen LogP contribution in [0.25, 0.3) is 22.0 Å². The van der Waals surface area contributed by atoms with Crippen molar-refractivity contribution in [1.29, 1.82) is 0 Å². The lowest BCUT2D eigenvalue weighted by molar-refractivity contribution is 0.0734. The van der Waals surface area contributed by atoms with Crippen LogP contribution >= 0.6 is 23.2 Å². The summed E-state index contributed by atoms with van der Waals surface area (Å²) >= 11 is 12.3. The number of hydrogen-bond acceptors (Lipinski definition) is 4. The van der Waals surface area contributed by atoms with E-state index < -0.39 is 11.9 Å². The summed E-state index contributed by atoms with van der Waals surface area (Å²) in [5.74, 6) is -0.761. The molecule has 0 aliphatic heterocycles. The molecule has 37 heavy (non-hydrogen) atoms. The highest BCUT2D eigenvalue weighted by Crippen LogP contribution is 2.34. The summed E-state index contributed by atoms with van der Waals surface area (Å²) in [6.07, 6.45) is 1.41. The van der Waals surface area contributed by atoms with Crippen molar-refractivity contribution in [2.45, 2.75) is 0 Å². The van der Waals surface area contributed by atoms with Crippen molar-refractivity contribution in [3.63, 3.8) is 0 Å². The van der Waals surface area contributed by atoms with Crippen LogP contribution in [0.3, 0.4) is 0 Å². The van der Waals surface area contributed by atoms with Gasteiger partial charge in [0.05, 0.1) is 16.8 Å². The van der Waals surface area contributed by atoms with E-state index in [0.29, 0.717) is 21.3 Å². The molecular formula is C29H19Cl2N3O3. The van der Waals surface area contributed by atoms with Crippen molar-refractivity contribution in [3.8, 4) is 16.9 Å². The Hall–Kier alpha value is -4.39. The van der Waals surface area contributed by atoms with E-state index in [1.165, 1.54) is 6.21 Å². The summed E-state index contributed by atoms with van der Waals surface area (Å²) in [6.45, 7) is 0. The van der Waals surface area contributed by atoms with Crippen LogP contribution in [0.4, 0.5) is 0 Å². The van der Waals surface area contributed by atoms with Crippen LogP contribution < -0.4 is 10.2 Å². The molecule has 0 fully saturated rings. The molecule has 5 rings (SSSR count). The van der Waals surface area contributed by atoms with Crippen LogP contribution in [0, 0.1) is 0 Å². The quantitative estimate of drug-likeness (QED) is 0.107. The van der Waals surface area contributed by atoms with Crippen molar-refractivity contribution in [2.24, 2.45) is 5.10 Å². The Labute approximate surface area is 222 Å². The predicted octanol–water partition coefficient (Wildman–Crippen LogP) is 7.12. The monoisotopic (exact) mass is 527 g/mol. The van der Waals surface area contributed by atoms with Gasteiger partial charge in [0.15, 0.2) is 0 Å². The maximum atomic E-state index is 13.2. The Balaban J connectivity index is 1.40. The maximum Gasteiger partial charge on any atom is 0.345 e. The van der Waals surface area contributed by atoms with Gasteiger partial charge < -0.3 is 9.72 Å². The second-order valence-electron chi connectivity index (χ2n) is 8.04. The number of nitrogens with zero attached hydrogens (tertiary/aromatic N) is 1. The number of hydrogen-bond donors (Lipinski definition) is 2. The van der Waals surface area contributed by atoms with E-state index in [9.17, 15) is 9.59 Å². The molecule has 0 saturated heterocycles. The van der Waals surface area contributed by atoms with Crippen LogP contribution in [0.2, 0.25) is 10.0 Å². The molecule has 0 aliphatic carbocycles. The van der Waals surface area contributed by atoms with Crippen molar-refractivity contribution in [2.75, 3.05) is 0 Å². The van der Waals surface area contributed by atoms with Crippen molar-refractivity contribution in [1.82, 2.24) is 10.4 Å². The standard InChI is InChI=1S/C29H19Cl2N3O3/c30-20-14-15-24-22(16-20)26(18-8-2-1-3-9-18)27(33-24)28(35)34-32-17-19-10-4-7-13-25(19)37-29(36)21-11-5-6-12-23(21)31/h1-17,33H,(H,34,35). The van der Waals surface area contributed by atoms with Crippen LogP contribution in [-0.4, -0.2) is 23.1 Å². The number of nitrogens with one attached hydrogen (secondary N) is 2. The van der Waals surface area contributed by atoms with Gasteiger partial charge in [-0.3, -0.25) is 4.79 Å². The molecule has 8 heteroatoms. The molecule has 0 atom stereocenters. The first kappa shape index (κ1) is 24.3. The van der Waals surface area contributed by atoms with Crippen LogP contribution in [0.5, 0.6) is 5.75 Å². The first-order chi connectivity index (χ1) is 18.0. The summed E-state index contributed by atoms with van der Waals surface area (Å²) in [7, 11) is 0. The zero-order valence-corrected chi connectivity index (χ0v) is 20.8. The van der Waals surface area contributed by atoms with E-state index in [1.807, 2.05) is 42.5 Å². The normalized spacial score (nSPS) is 11.1. The lowest BCUT2D eigenvalue weighted by Crippen LogP contribution is -2.19. The summed E-state index contributed by atoms with van der Waals surface area (Å²) in [4.78, 5) is 29.0. The maximum absolute atomic E-state index is 13.2. The smallest absolute Gasteiger partial charge is 0.345 e. The number of carbonyl (C=O) groups excluding carboxylic acids is 2. The molecular weight excluding hydrogens is 509 g/mol. The molecule has 0 radical (unpaired) electrons. The highest BCUT2D eigenvalue weighted by Gasteiger charge is 2.19. The average molecular weight is 528 g/mol. The molecule has 0 spiro atoms. The molecule has 1 amide bonds. The molecule has 2 N–H and O–H groups in total. The summed E-state index contributed by atoms with van der Waals surface area (Å²) in [6, 6.07) is 28.4. The number of fused-ring (bicyclic) bond motifs is 1. The Bertz CT molecular complexity index is 1650. The van der Waals surface area contributed by atoms with E-state index in [0.717, 1.165) is 22.0 Å². The highest BCUT2D eigenvalue weighted by atomic mass is 35.5. The number of benzene rings is 4. The average Bonchev–Trinajstić information content (AvgIpc) is 3.29. The molecule has 1 aromatic heterocycles. The number of ether oxygens (including phenoxy) is 1. The number of esters is 1. The number of aromatic amines is 1. The van der Waals surface area contributed by atoms with Gasteiger partial charge in [-0.05, 0) is 48.0 Å². The molecule has 5 aromatic rings. The Kier molecular flexibility index (Phi) is 7.03. The number of halogens is 2. The Morgan fingerprint density at radius 2 is 1.59 bits per heavy atom. The SMILES string of the molecule is O=C(Oc1ccccc1C=NNC(=O)c1[nH]c2ccc(Cl)cc2c1-c1ccccc1)c1ccccc1Cl. The van der Waals surface area contributed by atoms with Crippen LogP contribution in [0.1, 0.15) is 26.4 Å². The van der Waals surface area contributed by atoms with Crippen molar-refractivity contribution in [3.05, 3.63) is 124 Å². The van der Waals surface area contributed by atoms with Gasteiger partial charge in [-0.25, -0.2) is 10.2 Å². The van der Waals surface area contributed by atoms with Gasteiger partial charge in [0.1, 0.15) is 11.4 Å². The van der Waals surface area contributed by atoms with E-state index in [4.69, 9.17) is 27.9 Å². The zero-order valence-electron chi connectivity index (χ0n) is 19.2. The minimum atomic E-state index is -0.597. The third-order valence-corrected chi connectivity index (χ3v) is 6.20.